The normalized spacial score (nSPS) is 17.8. The summed E-state index contributed by atoms with van der Waals surface area (Å²) >= 11 is 12.2. The van der Waals surface area contributed by atoms with Crippen LogP contribution in [0, 0.1) is 0 Å². The van der Waals surface area contributed by atoms with Crippen molar-refractivity contribution in [3.8, 4) is 11.5 Å². The van der Waals surface area contributed by atoms with Crippen LogP contribution < -0.4 is 9.47 Å². The van der Waals surface area contributed by atoms with E-state index in [0.717, 1.165) is 0 Å². The average molecular weight is 479 g/mol. The molecule has 1 N–H and O–H groups in total. The van der Waals surface area contributed by atoms with Crippen molar-refractivity contribution in [2.45, 2.75) is 6.04 Å². The molecule has 0 spiro atoms. The number of ketones is 1. The van der Waals surface area contributed by atoms with E-state index in [2.05, 4.69) is 0 Å². The zero-order chi connectivity index (χ0) is 23.6. The molecule has 2 aromatic rings. The number of likely N-dealkylation sites (N-methyl/N-ethyl adjacent to an activating group) is 1. The van der Waals surface area contributed by atoms with E-state index in [-0.39, 0.29) is 27.7 Å². The lowest BCUT2D eigenvalue weighted by molar-refractivity contribution is -0.140. The molecule has 1 saturated heterocycles. The van der Waals surface area contributed by atoms with Crippen molar-refractivity contribution in [2.24, 2.45) is 0 Å². The number of benzene rings is 2. The van der Waals surface area contributed by atoms with Crippen molar-refractivity contribution in [3.05, 3.63) is 63.1 Å². The van der Waals surface area contributed by atoms with E-state index in [1.165, 1.54) is 31.3 Å². The highest BCUT2D eigenvalue weighted by Gasteiger charge is 2.46. The van der Waals surface area contributed by atoms with Crippen molar-refractivity contribution in [3.63, 3.8) is 0 Å². The molecule has 0 aliphatic carbocycles. The van der Waals surface area contributed by atoms with Crippen molar-refractivity contribution in [2.75, 3.05) is 41.4 Å². The third-order valence-electron chi connectivity index (χ3n) is 5.24. The largest absolute Gasteiger partial charge is 0.507 e. The van der Waals surface area contributed by atoms with Gasteiger partial charge in [-0.05, 0) is 37.9 Å². The minimum absolute atomic E-state index is 0.0428. The van der Waals surface area contributed by atoms with Gasteiger partial charge in [-0.2, -0.15) is 0 Å². The lowest BCUT2D eigenvalue weighted by Crippen LogP contribution is -2.35. The number of Topliss-reactive ketones (excluding diaryl/α,β-unsaturated/α-hetero) is 1. The Kier molecular flexibility index (Phi) is 7.33. The van der Waals surface area contributed by atoms with Crippen LogP contribution in [0.25, 0.3) is 5.76 Å². The molecule has 7 nitrogen and oxygen atoms in total. The van der Waals surface area contributed by atoms with Gasteiger partial charge in [-0.15, -0.1) is 0 Å². The SMILES string of the molecule is COc1cc(/C(O)=C2\C(=O)C(=O)N(CCN(C)C)C2c2ccc(Cl)cc2)c(OC)cc1Cl. The number of rotatable bonds is 7. The van der Waals surface area contributed by atoms with Gasteiger partial charge in [-0.3, -0.25) is 9.59 Å². The van der Waals surface area contributed by atoms with E-state index in [1.807, 2.05) is 19.0 Å². The topological polar surface area (TPSA) is 79.3 Å². The first kappa shape index (κ1) is 23.9. The molecule has 3 rings (SSSR count). The highest BCUT2D eigenvalue weighted by Crippen LogP contribution is 2.43. The minimum Gasteiger partial charge on any atom is -0.507 e. The van der Waals surface area contributed by atoms with Crippen LogP contribution in [0.15, 0.2) is 42.0 Å². The van der Waals surface area contributed by atoms with Gasteiger partial charge in [0.15, 0.2) is 0 Å². The van der Waals surface area contributed by atoms with Crippen molar-refractivity contribution in [1.29, 1.82) is 0 Å². The Balaban J connectivity index is 2.23. The molecule has 1 aliphatic rings. The van der Waals surface area contributed by atoms with Crippen LogP contribution >= 0.6 is 23.2 Å². The molecule has 32 heavy (non-hydrogen) atoms. The van der Waals surface area contributed by atoms with Crippen LogP contribution in [0.3, 0.4) is 0 Å². The van der Waals surface area contributed by atoms with Gasteiger partial charge in [0, 0.05) is 24.2 Å². The maximum absolute atomic E-state index is 13.1. The molecule has 0 bridgehead atoms. The first-order valence-corrected chi connectivity index (χ1v) is 10.6. The summed E-state index contributed by atoms with van der Waals surface area (Å²) in [5.74, 6) is -1.31. The van der Waals surface area contributed by atoms with Crippen LogP contribution in [0.4, 0.5) is 0 Å². The van der Waals surface area contributed by atoms with Crippen LogP contribution in [0.1, 0.15) is 17.2 Å². The fourth-order valence-electron chi connectivity index (χ4n) is 3.60. The lowest BCUT2D eigenvalue weighted by atomic mass is 9.95. The monoisotopic (exact) mass is 478 g/mol. The number of amides is 1. The summed E-state index contributed by atoms with van der Waals surface area (Å²) in [6, 6.07) is 8.98. The van der Waals surface area contributed by atoms with Gasteiger partial charge < -0.3 is 24.4 Å². The summed E-state index contributed by atoms with van der Waals surface area (Å²) in [5.41, 5.74) is 0.797. The smallest absolute Gasteiger partial charge is 0.295 e. The zero-order valence-corrected chi connectivity index (χ0v) is 19.7. The van der Waals surface area contributed by atoms with Crippen molar-refractivity contribution < 1.29 is 24.2 Å². The first-order chi connectivity index (χ1) is 15.2. The fraction of sp³-hybridized carbons (Fsp3) is 0.304. The predicted octanol–water partition coefficient (Wildman–Crippen LogP) is 3.99. The van der Waals surface area contributed by atoms with Crippen LogP contribution in [0.2, 0.25) is 10.0 Å². The maximum Gasteiger partial charge on any atom is 0.295 e. The highest BCUT2D eigenvalue weighted by atomic mass is 35.5. The van der Waals surface area contributed by atoms with Crippen molar-refractivity contribution in [1.82, 2.24) is 9.80 Å². The number of ether oxygens (including phenoxy) is 2. The number of aliphatic hydroxyl groups is 1. The summed E-state index contributed by atoms with van der Waals surface area (Å²) < 4.78 is 10.6. The second kappa shape index (κ2) is 9.81. The molecule has 0 aromatic heterocycles. The number of likely N-dealkylation sites (tertiary alicyclic amines) is 1. The molecule has 9 heteroatoms. The second-order valence-corrected chi connectivity index (χ2v) is 8.38. The van der Waals surface area contributed by atoms with Gasteiger partial charge in [0.2, 0.25) is 0 Å². The quantitative estimate of drug-likeness (QED) is 0.368. The number of hydrogen-bond acceptors (Lipinski definition) is 6. The van der Waals surface area contributed by atoms with E-state index >= 15 is 0 Å². The zero-order valence-electron chi connectivity index (χ0n) is 18.2. The molecule has 1 heterocycles. The van der Waals surface area contributed by atoms with Gasteiger partial charge in [0.05, 0.1) is 36.4 Å². The van der Waals surface area contributed by atoms with E-state index in [1.54, 1.807) is 24.3 Å². The number of carbonyl (C=O) groups excluding carboxylic acids is 2. The molecule has 1 unspecified atom stereocenters. The van der Waals surface area contributed by atoms with E-state index in [9.17, 15) is 14.7 Å². The summed E-state index contributed by atoms with van der Waals surface area (Å²) in [5, 5.41) is 12.1. The Morgan fingerprint density at radius 1 is 1.06 bits per heavy atom. The molecule has 0 radical (unpaired) electrons. The third kappa shape index (κ3) is 4.55. The maximum atomic E-state index is 13.1. The van der Waals surface area contributed by atoms with E-state index < -0.39 is 17.7 Å². The van der Waals surface area contributed by atoms with Crippen LogP contribution in [0.5, 0.6) is 11.5 Å². The van der Waals surface area contributed by atoms with E-state index in [4.69, 9.17) is 32.7 Å². The number of carbonyl (C=O) groups is 2. The molecule has 2 aromatic carbocycles. The number of halogens is 2. The van der Waals surface area contributed by atoms with Gasteiger partial charge in [-0.1, -0.05) is 35.3 Å². The van der Waals surface area contributed by atoms with Gasteiger partial charge in [0.25, 0.3) is 11.7 Å². The number of methoxy groups -OCH3 is 2. The fourth-order valence-corrected chi connectivity index (χ4v) is 3.96. The van der Waals surface area contributed by atoms with Gasteiger partial charge in [0.1, 0.15) is 17.3 Å². The van der Waals surface area contributed by atoms with Crippen molar-refractivity contribution >= 4 is 40.7 Å². The molecular formula is C23H24Cl2N2O5. The molecule has 170 valence electrons. The lowest BCUT2D eigenvalue weighted by Gasteiger charge is -2.26. The Bertz CT molecular complexity index is 1070. The predicted molar refractivity (Wildman–Crippen MR) is 124 cm³/mol. The summed E-state index contributed by atoms with van der Waals surface area (Å²) in [7, 11) is 6.60. The Morgan fingerprint density at radius 2 is 1.69 bits per heavy atom. The number of aliphatic hydroxyl groups excluding tert-OH is 1. The summed E-state index contributed by atoms with van der Waals surface area (Å²) in [6.45, 7) is 0.831. The molecule has 1 fully saturated rings. The van der Waals surface area contributed by atoms with E-state index in [0.29, 0.717) is 29.4 Å². The molecule has 1 atom stereocenters. The van der Waals surface area contributed by atoms with Crippen LogP contribution in [-0.4, -0.2) is 68.0 Å². The summed E-state index contributed by atoms with van der Waals surface area (Å²) in [6.07, 6.45) is 0. The Hall–Kier alpha value is -2.74. The molecule has 0 saturated carbocycles. The average Bonchev–Trinajstić information content (AvgIpc) is 3.02. The van der Waals surface area contributed by atoms with Gasteiger partial charge >= 0.3 is 0 Å². The summed E-state index contributed by atoms with van der Waals surface area (Å²) in [4.78, 5) is 29.4. The molecule has 1 aliphatic heterocycles. The number of hydrogen-bond donors (Lipinski definition) is 1. The minimum atomic E-state index is -0.793. The third-order valence-corrected chi connectivity index (χ3v) is 5.79. The first-order valence-electron chi connectivity index (χ1n) is 9.80. The molecule has 1 amide bonds. The second-order valence-electron chi connectivity index (χ2n) is 7.53. The highest BCUT2D eigenvalue weighted by molar-refractivity contribution is 6.46. The van der Waals surface area contributed by atoms with Crippen LogP contribution in [-0.2, 0) is 9.59 Å². The van der Waals surface area contributed by atoms with Gasteiger partial charge in [-0.25, -0.2) is 0 Å². The standard InChI is InChI=1S/C23H24Cl2N2O5/c1-26(2)9-10-27-20(13-5-7-14(24)8-6-13)19(22(29)23(27)30)21(28)15-11-18(32-4)16(25)12-17(15)31-3/h5-8,11-12,20,28H,9-10H2,1-4H3/b21-19+. The Labute approximate surface area is 196 Å². The Morgan fingerprint density at radius 3 is 2.25 bits per heavy atom. The molecular weight excluding hydrogens is 455 g/mol. The number of nitrogens with zero attached hydrogens (tertiary/aromatic N) is 2.